The molecular weight excluding hydrogens is 278 g/mol. The number of pyridine rings is 1. The SMILES string of the molecule is COC(=O)CCNc1cc2c(cn1)N(C)C(=O)CCS2. The van der Waals surface area contributed by atoms with Crippen molar-refractivity contribution in [1.82, 2.24) is 4.98 Å². The Morgan fingerprint density at radius 3 is 3.15 bits per heavy atom. The van der Waals surface area contributed by atoms with Gasteiger partial charge >= 0.3 is 5.97 Å². The molecule has 0 spiro atoms. The van der Waals surface area contributed by atoms with Gasteiger partial charge in [0.1, 0.15) is 5.82 Å². The summed E-state index contributed by atoms with van der Waals surface area (Å²) >= 11 is 1.64. The number of hydrogen-bond donors (Lipinski definition) is 1. The number of nitrogens with zero attached hydrogens (tertiary/aromatic N) is 2. The average Bonchev–Trinajstić information content (AvgIpc) is 2.59. The molecule has 0 aromatic carbocycles. The van der Waals surface area contributed by atoms with Crippen molar-refractivity contribution in [2.75, 3.05) is 36.7 Å². The molecule has 20 heavy (non-hydrogen) atoms. The molecule has 0 atom stereocenters. The third-order valence-corrected chi connectivity index (χ3v) is 4.06. The molecule has 1 aliphatic heterocycles. The summed E-state index contributed by atoms with van der Waals surface area (Å²) in [5, 5.41) is 3.08. The average molecular weight is 295 g/mol. The molecule has 0 aliphatic carbocycles. The number of ether oxygens (including phenoxy) is 1. The smallest absolute Gasteiger partial charge is 0.307 e. The molecule has 2 rings (SSSR count). The number of carbonyl (C=O) groups excluding carboxylic acids is 2. The summed E-state index contributed by atoms with van der Waals surface area (Å²) in [4.78, 5) is 29.7. The van der Waals surface area contributed by atoms with Crippen molar-refractivity contribution in [2.24, 2.45) is 0 Å². The number of methoxy groups -OCH3 is 1. The minimum atomic E-state index is -0.257. The summed E-state index contributed by atoms with van der Waals surface area (Å²) in [6, 6.07) is 1.91. The number of amides is 1. The van der Waals surface area contributed by atoms with Gasteiger partial charge in [0.15, 0.2) is 0 Å². The van der Waals surface area contributed by atoms with E-state index in [4.69, 9.17) is 0 Å². The molecule has 2 heterocycles. The number of fused-ring (bicyclic) bond motifs is 1. The van der Waals surface area contributed by atoms with Crippen molar-refractivity contribution in [3.05, 3.63) is 12.3 Å². The van der Waals surface area contributed by atoms with Crippen LogP contribution in [-0.2, 0) is 14.3 Å². The number of thioether (sulfide) groups is 1. The zero-order chi connectivity index (χ0) is 14.5. The van der Waals surface area contributed by atoms with Gasteiger partial charge in [0.2, 0.25) is 5.91 Å². The lowest BCUT2D eigenvalue weighted by Crippen LogP contribution is -2.25. The molecule has 1 aliphatic rings. The number of hydrogen-bond acceptors (Lipinski definition) is 6. The van der Waals surface area contributed by atoms with Gasteiger partial charge in [-0.25, -0.2) is 4.98 Å². The first kappa shape index (κ1) is 14.6. The predicted octanol–water partition coefficient (Wildman–Crippen LogP) is 1.52. The van der Waals surface area contributed by atoms with Crippen LogP contribution in [0.25, 0.3) is 0 Å². The van der Waals surface area contributed by atoms with E-state index in [1.165, 1.54) is 7.11 Å². The van der Waals surface area contributed by atoms with E-state index in [0.717, 1.165) is 16.3 Å². The number of carbonyl (C=O) groups is 2. The van der Waals surface area contributed by atoms with Gasteiger partial charge in [-0.15, -0.1) is 11.8 Å². The van der Waals surface area contributed by atoms with E-state index in [2.05, 4.69) is 15.0 Å². The molecule has 0 fully saturated rings. The highest BCUT2D eigenvalue weighted by molar-refractivity contribution is 7.99. The Bertz CT molecular complexity index is 522. The third kappa shape index (κ3) is 3.41. The number of esters is 1. The first-order valence-electron chi connectivity index (χ1n) is 6.32. The topological polar surface area (TPSA) is 71.5 Å². The lowest BCUT2D eigenvalue weighted by atomic mass is 10.3. The van der Waals surface area contributed by atoms with Gasteiger partial charge in [-0.05, 0) is 6.07 Å². The van der Waals surface area contributed by atoms with E-state index in [9.17, 15) is 9.59 Å². The largest absolute Gasteiger partial charge is 0.469 e. The highest BCUT2D eigenvalue weighted by atomic mass is 32.2. The second-order valence-electron chi connectivity index (χ2n) is 4.34. The van der Waals surface area contributed by atoms with Crippen molar-refractivity contribution < 1.29 is 14.3 Å². The Hall–Kier alpha value is -1.76. The van der Waals surface area contributed by atoms with Crippen molar-refractivity contribution >= 4 is 35.1 Å². The van der Waals surface area contributed by atoms with E-state index < -0.39 is 0 Å². The van der Waals surface area contributed by atoms with Crippen LogP contribution in [0.15, 0.2) is 17.2 Å². The second-order valence-corrected chi connectivity index (χ2v) is 5.48. The van der Waals surface area contributed by atoms with Crippen molar-refractivity contribution in [3.8, 4) is 0 Å². The molecule has 1 N–H and O–H groups in total. The van der Waals surface area contributed by atoms with Gasteiger partial charge in [0.25, 0.3) is 0 Å². The summed E-state index contributed by atoms with van der Waals surface area (Å²) in [5.74, 6) is 1.31. The standard InChI is InChI=1S/C13H17N3O3S/c1-16-9-8-15-11(14-5-3-13(18)19-2)7-10(9)20-6-4-12(16)17/h7-8H,3-6H2,1-2H3,(H,14,15). The molecule has 6 nitrogen and oxygen atoms in total. The Morgan fingerprint density at radius 1 is 1.60 bits per heavy atom. The second kappa shape index (κ2) is 6.60. The molecule has 1 aromatic rings. The number of aromatic nitrogens is 1. The lowest BCUT2D eigenvalue weighted by Gasteiger charge is -2.17. The van der Waals surface area contributed by atoms with E-state index in [0.29, 0.717) is 25.2 Å². The molecule has 0 unspecified atom stereocenters. The molecule has 108 valence electrons. The fraction of sp³-hybridized carbons (Fsp3) is 0.462. The summed E-state index contributed by atoms with van der Waals surface area (Å²) in [6.45, 7) is 0.470. The number of nitrogens with one attached hydrogen (secondary N) is 1. The Kier molecular flexibility index (Phi) is 4.84. The maximum Gasteiger partial charge on any atom is 0.307 e. The molecule has 1 aromatic heterocycles. The number of rotatable bonds is 4. The van der Waals surface area contributed by atoms with E-state index in [1.807, 2.05) is 6.07 Å². The maximum absolute atomic E-state index is 11.8. The molecule has 0 saturated heterocycles. The van der Waals surface area contributed by atoms with Crippen LogP contribution < -0.4 is 10.2 Å². The fourth-order valence-corrected chi connectivity index (χ4v) is 2.87. The summed E-state index contributed by atoms with van der Waals surface area (Å²) in [5.41, 5.74) is 0.830. The van der Waals surface area contributed by atoms with Gasteiger partial charge in [-0.2, -0.15) is 0 Å². The molecule has 0 radical (unpaired) electrons. The van der Waals surface area contributed by atoms with Crippen LogP contribution in [0.1, 0.15) is 12.8 Å². The Labute approximate surface area is 121 Å². The molecular formula is C13H17N3O3S. The minimum Gasteiger partial charge on any atom is -0.469 e. The van der Waals surface area contributed by atoms with Crippen LogP contribution in [0.2, 0.25) is 0 Å². The van der Waals surface area contributed by atoms with Crippen LogP contribution in [0.5, 0.6) is 0 Å². The van der Waals surface area contributed by atoms with E-state index in [-0.39, 0.29) is 11.9 Å². The van der Waals surface area contributed by atoms with Gasteiger partial charge < -0.3 is 15.0 Å². The predicted molar refractivity (Wildman–Crippen MR) is 78.1 cm³/mol. The number of anilines is 2. The van der Waals surface area contributed by atoms with Crippen LogP contribution in [0.4, 0.5) is 11.5 Å². The third-order valence-electron chi connectivity index (χ3n) is 3.02. The highest BCUT2D eigenvalue weighted by Crippen LogP contribution is 2.34. The normalized spacial score (nSPS) is 14.5. The van der Waals surface area contributed by atoms with Crippen LogP contribution in [0, 0.1) is 0 Å². The summed E-state index contributed by atoms with van der Waals surface area (Å²) in [6.07, 6.45) is 2.51. The quantitative estimate of drug-likeness (QED) is 0.849. The van der Waals surface area contributed by atoms with Crippen LogP contribution >= 0.6 is 11.8 Å². The van der Waals surface area contributed by atoms with Crippen molar-refractivity contribution in [3.63, 3.8) is 0 Å². The van der Waals surface area contributed by atoms with Crippen molar-refractivity contribution in [2.45, 2.75) is 17.7 Å². The Morgan fingerprint density at radius 2 is 2.40 bits per heavy atom. The van der Waals surface area contributed by atoms with E-state index >= 15 is 0 Å². The van der Waals surface area contributed by atoms with Gasteiger partial charge in [-0.3, -0.25) is 9.59 Å². The highest BCUT2D eigenvalue weighted by Gasteiger charge is 2.19. The molecule has 7 heteroatoms. The van der Waals surface area contributed by atoms with E-state index in [1.54, 1.807) is 29.9 Å². The zero-order valence-electron chi connectivity index (χ0n) is 11.5. The summed E-state index contributed by atoms with van der Waals surface area (Å²) in [7, 11) is 3.13. The van der Waals surface area contributed by atoms with Crippen LogP contribution in [-0.4, -0.2) is 43.3 Å². The first-order chi connectivity index (χ1) is 9.61. The molecule has 0 saturated carbocycles. The van der Waals surface area contributed by atoms with Gasteiger partial charge in [0.05, 0.1) is 25.4 Å². The maximum atomic E-state index is 11.8. The van der Waals surface area contributed by atoms with Crippen molar-refractivity contribution in [1.29, 1.82) is 0 Å². The lowest BCUT2D eigenvalue weighted by molar-refractivity contribution is -0.140. The van der Waals surface area contributed by atoms with Gasteiger partial charge in [-0.1, -0.05) is 0 Å². The zero-order valence-corrected chi connectivity index (χ0v) is 12.3. The monoisotopic (exact) mass is 295 g/mol. The summed E-state index contributed by atoms with van der Waals surface area (Å²) < 4.78 is 4.57. The Balaban J connectivity index is 2.05. The minimum absolute atomic E-state index is 0.101. The first-order valence-corrected chi connectivity index (χ1v) is 7.30. The fourth-order valence-electron chi connectivity index (χ4n) is 1.84. The molecule has 1 amide bonds. The van der Waals surface area contributed by atoms with Gasteiger partial charge in [0, 0.05) is 30.7 Å². The van der Waals surface area contributed by atoms with Crippen LogP contribution in [0.3, 0.4) is 0 Å². The molecule has 0 bridgehead atoms.